The topological polar surface area (TPSA) is 59.8 Å². The van der Waals surface area contributed by atoms with Crippen molar-refractivity contribution >= 4 is 39.1 Å². The fourth-order valence-electron chi connectivity index (χ4n) is 3.56. The van der Waals surface area contributed by atoms with Crippen molar-refractivity contribution in [3.63, 3.8) is 0 Å². The van der Waals surface area contributed by atoms with Crippen molar-refractivity contribution < 1.29 is 4.79 Å². The number of nitrogens with one attached hydrogen (secondary N) is 1. The summed E-state index contributed by atoms with van der Waals surface area (Å²) < 4.78 is 2.65. The van der Waals surface area contributed by atoms with Crippen molar-refractivity contribution in [1.82, 2.24) is 14.8 Å². The smallest absolute Gasteiger partial charge is 0.295 e. The summed E-state index contributed by atoms with van der Waals surface area (Å²) in [4.78, 5) is 17.8. The van der Waals surface area contributed by atoms with E-state index in [9.17, 15) is 4.79 Å². The first-order chi connectivity index (χ1) is 15.7. The van der Waals surface area contributed by atoms with E-state index in [1.165, 1.54) is 5.56 Å². The van der Waals surface area contributed by atoms with Gasteiger partial charge in [0.1, 0.15) is 0 Å². The monoisotopic (exact) mass is 522 g/mol. The summed E-state index contributed by atoms with van der Waals surface area (Å²) in [6, 6.07) is 19.2. The van der Waals surface area contributed by atoms with Gasteiger partial charge in [-0.3, -0.25) is 4.79 Å². The third-order valence-electron chi connectivity index (χ3n) is 5.51. The maximum atomic E-state index is 13.2. The van der Waals surface area contributed by atoms with Gasteiger partial charge in [-0.15, -0.1) is 5.10 Å². The molecule has 1 heterocycles. The van der Waals surface area contributed by atoms with Gasteiger partial charge < -0.3 is 5.32 Å². The summed E-state index contributed by atoms with van der Waals surface area (Å²) in [5.74, 6) is 0.498. The van der Waals surface area contributed by atoms with Crippen LogP contribution in [0.3, 0.4) is 0 Å². The van der Waals surface area contributed by atoms with Gasteiger partial charge in [-0.25, -0.2) is 9.67 Å². The highest BCUT2D eigenvalue weighted by Gasteiger charge is 2.21. The molecule has 4 aromatic rings. The van der Waals surface area contributed by atoms with E-state index in [4.69, 9.17) is 11.6 Å². The van der Waals surface area contributed by atoms with E-state index in [-0.39, 0.29) is 17.6 Å². The zero-order valence-electron chi connectivity index (χ0n) is 18.9. The molecule has 0 saturated heterocycles. The molecule has 0 saturated carbocycles. The molecular weight excluding hydrogens is 500 g/mol. The lowest BCUT2D eigenvalue weighted by atomic mass is 10.0. The van der Waals surface area contributed by atoms with E-state index >= 15 is 0 Å². The first-order valence-corrected chi connectivity index (χ1v) is 11.8. The summed E-state index contributed by atoms with van der Waals surface area (Å²) in [7, 11) is 0. The second-order valence-electron chi connectivity index (χ2n) is 8.29. The van der Waals surface area contributed by atoms with Crippen LogP contribution in [0.15, 0.2) is 65.1 Å². The van der Waals surface area contributed by atoms with Crippen LogP contribution in [0.4, 0.5) is 5.69 Å². The average Bonchev–Trinajstić information content (AvgIpc) is 3.22. The Balaban J connectivity index is 1.78. The summed E-state index contributed by atoms with van der Waals surface area (Å²) in [6.45, 7) is 8.27. The highest BCUT2D eigenvalue weighted by atomic mass is 79.9. The number of anilines is 1. The molecule has 1 amide bonds. The van der Waals surface area contributed by atoms with Crippen molar-refractivity contribution in [2.75, 3.05) is 5.32 Å². The molecule has 0 bridgehead atoms. The summed E-state index contributed by atoms with van der Waals surface area (Å²) in [5.41, 5.74) is 5.68. The number of carbonyl (C=O) groups is 1. The summed E-state index contributed by atoms with van der Waals surface area (Å²) >= 11 is 9.74. The molecule has 0 aliphatic heterocycles. The molecule has 3 aromatic carbocycles. The number of aromatic nitrogens is 3. The van der Waals surface area contributed by atoms with E-state index in [0.29, 0.717) is 10.8 Å². The van der Waals surface area contributed by atoms with Crippen LogP contribution in [0.25, 0.3) is 17.1 Å². The Labute approximate surface area is 207 Å². The largest absolute Gasteiger partial charge is 0.319 e. The van der Waals surface area contributed by atoms with Gasteiger partial charge in [0.15, 0.2) is 5.82 Å². The van der Waals surface area contributed by atoms with Crippen LogP contribution in [-0.4, -0.2) is 20.7 Å². The average molecular weight is 524 g/mol. The Bertz CT molecular complexity index is 1350. The van der Waals surface area contributed by atoms with Gasteiger partial charge in [-0.1, -0.05) is 59.6 Å². The molecule has 0 fully saturated rings. The quantitative estimate of drug-likeness (QED) is 0.298. The minimum atomic E-state index is -0.370. The van der Waals surface area contributed by atoms with Gasteiger partial charge in [0, 0.05) is 20.7 Å². The van der Waals surface area contributed by atoms with Crippen LogP contribution in [0.5, 0.6) is 0 Å². The summed E-state index contributed by atoms with van der Waals surface area (Å²) in [6.07, 6.45) is 0. The number of aryl methyl sites for hydroxylation is 2. The molecule has 7 heteroatoms. The number of benzene rings is 3. The first-order valence-electron chi connectivity index (χ1n) is 10.6. The van der Waals surface area contributed by atoms with E-state index in [1.54, 1.807) is 10.7 Å². The van der Waals surface area contributed by atoms with Gasteiger partial charge in [0.05, 0.1) is 5.69 Å². The van der Waals surface area contributed by atoms with E-state index < -0.39 is 0 Å². The Morgan fingerprint density at radius 2 is 1.82 bits per heavy atom. The van der Waals surface area contributed by atoms with E-state index in [1.807, 2.05) is 61.5 Å². The number of carbonyl (C=O) groups excluding carboxylic acids is 1. The first kappa shape index (κ1) is 23.2. The van der Waals surface area contributed by atoms with Crippen LogP contribution in [0.2, 0.25) is 5.02 Å². The highest BCUT2D eigenvalue weighted by Crippen LogP contribution is 2.29. The predicted octanol–water partition coefficient (Wildman–Crippen LogP) is 7.34. The number of nitrogens with zero attached hydrogens (tertiary/aromatic N) is 3. The number of hydrogen-bond donors (Lipinski definition) is 1. The van der Waals surface area contributed by atoms with E-state index in [2.05, 4.69) is 52.1 Å². The highest BCUT2D eigenvalue weighted by molar-refractivity contribution is 9.10. The molecule has 1 aromatic heterocycles. The number of halogens is 2. The molecule has 0 aliphatic carbocycles. The lowest BCUT2D eigenvalue weighted by Gasteiger charge is -2.13. The molecule has 1 N–H and O–H groups in total. The molecule has 0 atom stereocenters. The minimum Gasteiger partial charge on any atom is -0.319 e. The Hall–Kier alpha value is -2.96. The van der Waals surface area contributed by atoms with Crippen LogP contribution in [0, 0.1) is 13.8 Å². The molecule has 0 spiro atoms. The van der Waals surface area contributed by atoms with Crippen molar-refractivity contribution in [1.29, 1.82) is 0 Å². The third-order valence-corrected chi connectivity index (χ3v) is 6.24. The Morgan fingerprint density at radius 1 is 1.03 bits per heavy atom. The molecule has 4 rings (SSSR count). The molecule has 0 radical (unpaired) electrons. The SMILES string of the molecule is Cc1ccc(-n2nc(C(=O)Nc3ccc(Br)cc3C(C)C)nc2-c2cccc(Cl)c2)cc1C. The van der Waals surface area contributed by atoms with Crippen molar-refractivity contribution in [2.24, 2.45) is 0 Å². The van der Waals surface area contributed by atoms with Crippen molar-refractivity contribution in [2.45, 2.75) is 33.6 Å². The summed E-state index contributed by atoms with van der Waals surface area (Å²) in [5, 5.41) is 8.16. The van der Waals surface area contributed by atoms with Gasteiger partial charge in [-0.2, -0.15) is 0 Å². The third kappa shape index (κ3) is 5.02. The number of amides is 1. The maximum Gasteiger partial charge on any atom is 0.295 e. The van der Waals surface area contributed by atoms with Gasteiger partial charge in [0.25, 0.3) is 5.91 Å². The standard InChI is InChI=1S/C26H24BrClN4O/c1-15(2)22-14-19(27)9-11-23(22)29-26(33)24-30-25(18-6-5-7-20(28)13-18)32(31-24)21-10-8-16(3)17(4)12-21/h5-15H,1-4H3,(H,29,33). The van der Waals surface area contributed by atoms with Crippen LogP contribution >= 0.6 is 27.5 Å². The second kappa shape index (κ2) is 9.49. The number of hydrogen-bond acceptors (Lipinski definition) is 3. The fourth-order valence-corrected chi connectivity index (χ4v) is 4.13. The predicted molar refractivity (Wildman–Crippen MR) is 137 cm³/mol. The zero-order chi connectivity index (χ0) is 23.7. The lowest BCUT2D eigenvalue weighted by molar-refractivity contribution is 0.101. The van der Waals surface area contributed by atoms with Gasteiger partial charge >= 0.3 is 0 Å². The van der Waals surface area contributed by atoms with Gasteiger partial charge in [0.2, 0.25) is 5.82 Å². The number of rotatable bonds is 5. The van der Waals surface area contributed by atoms with Crippen molar-refractivity contribution in [3.05, 3.63) is 92.7 Å². The maximum absolute atomic E-state index is 13.2. The molecule has 5 nitrogen and oxygen atoms in total. The normalized spacial score (nSPS) is 11.1. The lowest BCUT2D eigenvalue weighted by Crippen LogP contribution is -2.16. The minimum absolute atomic E-state index is 0.0841. The zero-order valence-corrected chi connectivity index (χ0v) is 21.2. The van der Waals surface area contributed by atoms with Crippen LogP contribution in [-0.2, 0) is 0 Å². The van der Waals surface area contributed by atoms with Crippen LogP contribution < -0.4 is 5.32 Å². The molecule has 33 heavy (non-hydrogen) atoms. The molecule has 168 valence electrons. The van der Waals surface area contributed by atoms with Gasteiger partial charge in [-0.05, 0) is 78.9 Å². The second-order valence-corrected chi connectivity index (χ2v) is 9.64. The Kier molecular flexibility index (Phi) is 6.68. The van der Waals surface area contributed by atoms with Crippen molar-refractivity contribution in [3.8, 4) is 17.1 Å². The van der Waals surface area contributed by atoms with E-state index in [0.717, 1.165) is 32.5 Å². The van der Waals surface area contributed by atoms with Crippen LogP contribution in [0.1, 0.15) is 47.1 Å². The molecule has 0 aliphatic rings. The molecular formula is C26H24BrClN4O. The molecule has 0 unspecified atom stereocenters. The fraction of sp³-hybridized carbons (Fsp3) is 0.192. The Morgan fingerprint density at radius 3 is 2.52 bits per heavy atom.